The van der Waals surface area contributed by atoms with Crippen molar-refractivity contribution >= 4 is 22.6 Å². The summed E-state index contributed by atoms with van der Waals surface area (Å²) in [7, 11) is 0. The highest BCUT2D eigenvalue weighted by atomic mass is 16.7. The van der Waals surface area contributed by atoms with Crippen molar-refractivity contribution in [1.82, 2.24) is 0 Å². The van der Waals surface area contributed by atoms with Crippen LogP contribution in [0.4, 0.5) is 5.69 Å². The first-order valence-electron chi connectivity index (χ1n) is 8.79. The zero-order chi connectivity index (χ0) is 20.4. The number of ether oxygens (including phenoxy) is 3. The molecule has 9 nitrogen and oxygen atoms in total. The number of hydrogen-bond acceptors (Lipinski definition) is 8. The van der Waals surface area contributed by atoms with Crippen molar-refractivity contribution in [2.24, 2.45) is 0 Å². The zero-order valence-electron chi connectivity index (χ0n) is 15.0. The summed E-state index contributed by atoms with van der Waals surface area (Å²) in [6.45, 7) is 0.958. The molecule has 3 aromatic rings. The Balaban J connectivity index is 1.64. The van der Waals surface area contributed by atoms with Gasteiger partial charge >= 0.3 is 17.3 Å². The maximum Gasteiger partial charge on any atom is 0.351 e. The van der Waals surface area contributed by atoms with Gasteiger partial charge in [0.1, 0.15) is 11.1 Å². The summed E-state index contributed by atoms with van der Waals surface area (Å²) in [6, 6.07) is 12.0. The van der Waals surface area contributed by atoms with E-state index < -0.39 is 28.5 Å². The Labute approximate surface area is 163 Å². The molecule has 1 aliphatic rings. The largest absolute Gasteiger partial charge is 0.422 e. The van der Waals surface area contributed by atoms with Crippen LogP contribution < -0.4 is 10.4 Å². The molecule has 2 heterocycles. The molecule has 0 bridgehead atoms. The fourth-order valence-electron chi connectivity index (χ4n) is 2.95. The average molecular weight is 397 g/mol. The Kier molecular flexibility index (Phi) is 5.07. The second-order valence-corrected chi connectivity index (χ2v) is 6.29. The Bertz CT molecular complexity index is 1150. The average Bonchev–Trinajstić information content (AvgIpc) is 2.74. The summed E-state index contributed by atoms with van der Waals surface area (Å²) < 4.78 is 21.1. The minimum Gasteiger partial charge on any atom is -0.422 e. The first kappa shape index (κ1) is 18.8. The highest BCUT2D eigenvalue weighted by molar-refractivity contribution is 5.94. The van der Waals surface area contributed by atoms with E-state index in [0.717, 1.165) is 6.42 Å². The van der Waals surface area contributed by atoms with Gasteiger partial charge in [0.25, 0.3) is 0 Å². The predicted octanol–water partition coefficient (Wildman–Crippen LogP) is 3.36. The third kappa shape index (κ3) is 3.86. The third-order valence-corrected chi connectivity index (χ3v) is 4.34. The predicted molar refractivity (Wildman–Crippen MR) is 99.8 cm³/mol. The van der Waals surface area contributed by atoms with Crippen LogP contribution in [0.25, 0.3) is 11.0 Å². The molecule has 1 saturated heterocycles. The number of rotatable bonds is 4. The summed E-state index contributed by atoms with van der Waals surface area (Å²) in [6.07, 6.45) is 0.0163. The molecule has 9 heteroatoms. The molecule has 0 radical (unpaired) electrons. The molecule has 0 atom stereocenters. The molecule has 0 spiro atoms. The molecule has 1 aromatic heterocycles. The second-order valence-electron chi connectivity index (χ2n) is 6.29. The van der Waals surface area contributed by atoms with Gasteiger partial charge in [0.05, 0.1) is 18.1 Å². The van der Waals surface area contributed by atoms with Gasteiger partial charge in [-0.3, -0.25) is 10.1 Å². The van der Waals surface area contributed by atoms with E-state index in [-0.39, 0.29) is 11.3 Å². The Hall–Kier alpha value is -3.56. The van der Waals surface area contributed by atoms with Crippen molar-refractivity contribution in [2.45, 2.75) is 12.7 Å². The molecule has 148 valence electrons. The smallest absolute Gasteiger partial charge is 0.351 e. The highest BCUT2D eigenvalue weighted by Crippen LogP contribution is 2.33. The van der Waals surface area contributed by atoms with E-state index in [1.165, 1.54) is 24.3 Å². The van der Waals surface area contributed by atoms with E-state index in [1.54, 1.807) is 24.3 Å². The van der Waals surface area contributed by atoms with Crippen molar-refractivity contribution in [3.8, 4) is 5.75 Å². The summed E-state index contributed by atoms with van der Waals surface area (Å²) in [4.78, 5) is 35.4. The molecule has 29 heavy (non-hydrogen) atoms. The number of carbonyl (C=O) groups excluding carboxylic acids is 1. The third-order valence-electron chi connectivity index (χ3n) is 4.34. The first-order valence-corrected chi connectivity index (χ1v) is 8.79. The second kappa shape index (κ2) is 7.82. The molecule has 1 fully saturated rings. The number of nitrogens with zero attached hydrogens (tertiary/aromatic N) is 1. The molecule has 1 aliphatic heterocycles. The molecular weight excluding hydrogens is 382 g/mol. The molecule has 0 saturated carbocycles. The maximum atomic E-state index is 12.5. The molecule has 2 aromatic carbocycles. The SMILES string of the molecule is O=C(Oc1ccc(C2OCCCO2)cc1[N+](=O)[O-])c1cc2ccccc2oc1=O. The van der Waals surface area contributed by atoms with E-state index in [9.17, 15) is 19.7 Å². The lowest BCUT2D eigenvalue weighted by Gasteiger charge is -2.23. The highest BCUT2D eigenvalue weighted by Gasteiger charge is 2.25. The van der Waals surface area contributed by atoms with Crippen LogP contribution >= 0.6 is 0 Å². The molecule has 0 N–H and O–H groups in total. The minimum atomic E-state index is -1.05. The molecular formula is C20H15NO8. The zero-order valence-corrected chi connectivity index (χ0v) is 15.0. The van der Waals surface area contributed by atoms with Crippen LogP contribution in [-0.4, -0.2) is 24.1 Å². The maximum absolute atomic E-state index is 12.5. The van der Waals surface area contributed by atoms with Crippen molar-refractivity contribution in [3.05, 3.63) is 80.2 Å². The number of nitro groups is 1. The molecule has 0 unspecified atom stereocenters. The summed E-state index contributed by atoms with van der Waals surface area (Å²) in [5, 5.41) is 12.0. The lowest BCUT2D eigenvalue weighted by molar-refractivity contribution is -0.385. The molecule has 0 amide bonds. The Morgan fingerprint density at radius 2 is 1.86 bits per heavy atom. The number of carbonyl (C=O) groups is 1. The van der Waals surface area contributed by atoms with Gasteiger partial charge in [0, 0.05) is 17.0 Å². The Morgan fingerprint density at radius 1 is 1.10 bits per heavy atom. The van der Waals surface area contributed by atoms with Crippen LogP contribution in [0.15, 0.2) is 57.7 Å². The van der Waals surface area contributed by atoms with Crippen LogP contribution in [0.3, 0.4) is 0 Å². The Morgan fingerprint density at radius 3 is 2.62 bits per heavy atom. The van der Waals surface area contributed by atoms with Crippen LogP contribution in [0.2, 0.25) is 0 Å². The van der Waals surface area contributed by atoms with Gasteiger partial charge < -0.3 is 18.6 Å². The number of nitro benzene ring substituents is 1. The van der Waals surface area contributed by atoms with E-state index in [4.69, 9.17) is 18.6 Å². The number of benzene rings is 2. The van der Waals surface area contributed by atoms with Gasteiger partial charge in [-0.15, -0.1) is 0 Å². The fourth-order valence-corrected chi connectivity index (χ4v) is 2.95. The first-order chi connectivity index (χ1) is 14.0. The van der Waals surface area contributed by atoms with Crippen molar-refractivity contribution < 1.29 is 28.3 Å². The van der Waals surface area contributed by atoms with Gasteiger partial charge in [-0.2, -0.15) is 0 Å². The van der Waals surface area contributed by atoms with E-state index in [1.807, 2.05) is 0 Å². The molecule has 0 aliphatic carbocycles. The standard InChI is InChI=1S/C20H15NO8/c22-18-14(10-12-4-1-2-5-16(12)28-18)19(23)29-17-7-6-13(11-15(17)21(24)25)20-26-8-3-9-27-20/h1-2,4-7,10-11,20H,3,8-9H2. The van der Waals surface area contributed by atoms with Crippen LogP contribution in [0.1, 0.15) is 28.6 Å². The van der Waals surface area contributed by atoms with Crippen molar-refractivity contribution in [3.63, 3.8) is 0 Å². The summed E-state index contributed by atoms with van der Waals surface area (Å²) in [5.74, 6) is -1.35. The normalized spacial score (nSPS) is 14.6. The van der Waals surface area contributed by atoms with Gasteiger partial charge in [0.2, 0.25) is 5.75 Å². The number of para-hydroxylation sites is 1. The van der Waals surface area contributed by atoms with Crippen molar-refractivity contribution in [2.75, 3.05) is 13.2 Å². The van der Waals surface area contributed by atoms with Crippen LogP contribution in [-0.2, 0) is 9.47 Å². The van der Waals surface area contributed by atoms with Crippen LogP contribution in [0.5, 0.6) is 5.75 Å². The lowest BCUT2D eigenvalue weighted by atomic mass is 10.1. The van der Waals surface area contributed by atoms with Gasteiger partial charge in [-0.1, -0.05) is 18.2 Å². The van der Waals surface area contributed by atoms with Gasteiger partial charge in [0.15, 0.2) is 6.29 Å². The van der Waals surface area contributed by atoms with Gasteiger partial charge in [-0.05, 0) is 30.7 Å². The quantitative estimate of drug-likeness (QED) is 0.216. The van der Waals surface area contributed by atoms with Crippen LogP contribution in [0, 0.1) is 10.1 Å². The van der Waals surface area contributed by atoms with Gasteiger partial charge in [-0.25, -0.2) is 9.59 Å². The monoisotopic (exact) mass is 397 g/mol. The minimum absolute atomic E-state index is 0.299. The topological polar surface area (TPSA) is 118 Å². The van der Waals surface area contributed by atoms with E-state index in [0.29, 0.717) is 29.7 Å². The summed E-state index contributed by atoms with van der Waals surface area (Å²) in [5.41, 5.74) is -0.949. The number of hydrogen-bond donors (Lipinski definition) is 0. The molecule has 4 rings (SSSR count). The van der Waals surface area contributed by atoms with E-state index >= 15 is 0 Å². The lowest BCUT2D eigenvalue weighted by Crippen LogP contribution is -2.20. The number of esters is 1. The number of fused-ring (bicyclic) bond motifs is 1. The fraction of sp³-hybridized carbons (Fsp3) is 0.200. The summed E-state index contributed by atoms with van der Waals surface area (Å²) >= 11 is 0. The van der Waals surface area contributed by atoms with E-state index in [2.05, 4.69) is 0 Å². The van der Waals surface area contributed by atoms with Crippen molar-refractivity contribution in [1.29, 1.82) is 0 Å².